The molecule has 18 heavy (non-hydrogen) atoms. The first kappa shape index (κ1) is 13.5. The van der Waals surface area contributed by atoms with Crippen LogP contribution >= 0.6 is 34.5 Å². The highest BCUT2D eigenvalue weighted by Crippen LogP contribution is 2.34. The monoisotopic (exact) mass is 301 g/mol. The second kappa shape index (κ2) is 5.34. The molecule has 0 fully saturated rings. The number of thiophene rings is 1. The van der Waals surface area contributed by atoms with Crippen molar-refractivity contribution in [2.45, 2.75) is 13.0 Å². The molecule has 3 nitrogen and oxygen atoms in total. The van der Waals surface area contributed by atoms with E-state index in [1.807, 2.05) is 23.4 Å². The summed E-state index contributed by atoms with van der Waals surface area (Å²) in [6, 6.07) is 5.91. The van der Waals surface area contributed by atoms with Crippen LogP contribution in [0.1, 0.15) is 17.8 Å². The molecule has 0 aliphatic rings. The second-order valence-corrected chi connectivity index (χ2v) is 5.76. The van der Waals surface area contributed by atoms with Crippen molar-refractivity contribution in [3.05, 3.63) is 38.5 Å². The van der Waals surface area contributed by atoms with Gasteiger partial charge >= 0.3 is 0 Å². The summed E-state index contributed by atoms with van der Waals surface area (Å²) in [6.07, 6.45) is 0. The summed E-state index contributed by atoms with van der Waals surface area (Å²) in [5.74, 6) is 0.931. The predicted octanol–water partition coefficient (Wildman–Crippen LogP) is 4.23. The molecule has 0 aromatic carbocycles. The van der Waals surface area contributed by atoms with Crippen LogP contribution < -0.4 is 10.6 Å². The van der Waals surface area contributed by atoms with Gasteiger partial charge in [-0.1, -0.05) is 29.3 Å². The zero-order chi connectivity index (χ0) is 13.3. The van der Waals surface area contributed by atoms with E-state index in [2.05, 4.69) is 18.0 Å². The number of halogens is 2. The fourth-order valence-electron chi connectivity index (χ4n) is 1.62. The van der Waals surface area contributed by atoms with Crippen LogP contribution in [0.25, 0.3) is 0 Å². The second-order valence-electron chi connectivity index (χ2n) is 3.96. The molecule has 0 aliphatic heterocycles. The third kappa shape index (κ3) is 2.55. The van der Waals surface area contributed by atoms with Gasteiger partial charge in [-0.15, -0.1) is 11.3 Å². The highest BCUT2D eigenvalue weighted by atomic mass is 35.5. The fraction of sp³-hybridized carbons (Fsp3) is 0.250. The molecular formula is C12H13Cl2N3S. The Morgan fingerprint density at radius 1 is 1.39 bits per heavy atom. The van der Waals surface area contributed by atoms with Gasteiger partial charge < -0.3 is 10.6 Å². The Balaban J connectivity index is 2.34. The van der Waals surface area contributed by atoms with Crippen molar-refractivity contribution in [3.63, 3.8) is 0 Å². The van der Waals surface area contributed by atoms with Gasteiger partial charge in [0.05, 0.1) is 16.1 Å². The molecule has 6 heteroatoms. The maximum atomic E-state index is 6.16. The topological polar surface area (TPSA) is 42.2 Å². The Morgan fingerprint density at radius 3 is 2.72 bits per heavy atom. The lowest BCUT2D eigenvalue weighted by molar-refractivity contribution is 0.743. The van der Waals surface area contributed by atoms with Crippen LogP contribution in [-0.4, -0.2) is 12.0 Å². The Hall–Kier alpha value is -0.970. The Labute approximate surface area is 120 Å². The third-order valence-corrected chi connectivity index (χ3v) is 4.43. The van der Waals surface area contributed by atoms with E-state index < -0.39 is 0 Å². The van der Waals surface area contributed by atoms with Crippen LogP contribution in [0.5, 0.6) is 0 Å². The van der Waals surface area contributed by atoms with Crippen molar-refractivity contribution in [1.29, 1.82) is 0 Å². The quantitative estimate of drug-likeness (QED) is 0.922. The van der Waals surface area contributed by atoms with Gasteiger partial charge in [0, 0.05) is 11.9 Å². The number of nitrogens with zero attached hydrogens (tertiary/aromatic N) is 2. The van der Waals surface area contributed by atoms with Crippen LogP contribution in [0.2, 0.25) is 10.0 Å². The van der Waals surface area contributed by atoms with E-state index in [4.69, 9.17) is 28.9 Å². The summed E-state index contributed by atoms with van der Waals surface area (Å²) >= 11 is 13.7. The number of pyridine rings is 1. The van der Waals surface area contributed by atoms with Crippen molar-refractivity contribution < 1.29 is 0 Å². The molecule has 2 rings (SSSR count). The Bertz CT molecular complexity index is 543. The zero-order valence-corrected chi connectivity index (χ0v) is 12.4. The van der Waals surface area contributed by atoms with Gasteiger partial charge in [0.25, 0.3) is 0 Å². The van der Waals surface area contributed by atoms with Crippen LogP contribution in [0, 0.1) is 0 Å². The summed E-state index contributed by atoms with van der Waals surface area (Å²) in [5, 5.41) is 2.92. The van der Waals surface area contributed by atoms with E-state index in [0.29, 0.717) is 21.7 Å². The lowest BCUT2D eigenvalue weighted by Crippen LogP contribution is -2.22. The molecule has 2 N–H and O–H groups in total. The summed E-state index contributed by atoms with van der Waals surface area (Å²) in [7, 11) is 1.94. The van der Waals surface area contributed by atoms with Gasteiger partial charge in [-0.05, 0) is 24.4 Å². The van der Waals surface area contributed by atoms with Crippen LogP contribution in [0.3, 0.4) is 0 Å². The highest BCUT2D eigenvalue weighted by molar-refractivity contribution is 7.10. The molecule has 0 saturated heterocycles. The van der Waals surface area contributed by atoms with Gasteiger partial charge in [-0.25, -0.2) is 4.98 Å². The number of hydrogen-bond donors (Lipinski definition) is 1. The molecule has 0 amide bonds. The average Bonchev–Trinajstić information content (AvgIpc) is 2.85. The standard InChI is InChI=1S/C12H13Cl2N3S/c1-7(10-4-3-5-18-10)17(2)12-9(14)6-8(13)11(15)16-12/h3-7H,1-2H3,(H2,15,16). The smallest absolute Gasteiger partial charge is 0.150 e. The van der Waals surface area contributed by atoms with Gasteiger partial charge in [-0.3, -0.25) is 0 Å². The minimum atomic E-state index is 0.176. The van der Waals surface area contributed by atoms with E-state index in [1.165, 1.54) is 4.88 Å². The molecule has 0 aliphatic carbocycles. The lowest BCUT2D eigenvalue weighted by atomic mass is 10.2. The number of nitrogens with two attached hydrogens (primary N) is 1. The van der Waals surface area contributed by atoms with Crippen molar-refractivity contribution in [2.24, 2.45) is 0 Å². The number of hydrogen-bond acceptors (Lipinski definition) is 4. The first-order chi connectivity index (χ1) is 8.50. The first-order valence-corrected chi connectivity index (χ1v) is 7.02. The summed E-state index contributed by atoms with van der Waals surface area (Å²) in [5.41, 5.74) is 5.72. The van der Waals surface area contributed by atoms with E-state index in [0.717, 1.165) is 0 Å². The fourth-order valence-corrected chi connectivity index (χ4v) is 2.94. The van der Waals surface area contributed by atoms with Gasteiger partial charge in [0.15, 0.2) is 0 Å². The first-order valence-electron chi connectivity index (χ1n) is 5.38. The molecule has 0 bridgehead atoms. The van der Waals surface area contributed by atoms with E-state index in [-0.39, 0.29) is 6.04 Å². The zero-order valence-electron chi connectivity index (χ0n) is 10.0. The maximum absolute atomic E-state index is 6.16. The largest absolute Gasteiger partial charge is 0.382 e. The van der Waals surface area contributed by atoms with Crippen LogP contribution in [0.15, 0.2) is 23.6 Å². The molecule has 2 heterocycles. The Morgan fingerprint density at radius 2 is 2.11 bits per heavy atom. The maximum Gasteiger partial charge on any atom is 0.150 e. The van der Waals surface area contributed by atoms with Gasteiger partial charge in [0.2, 0.25) is 0 Å². The summed E-state index contributed by atoms with van der Waals surface area (Å²) in [6.45, 7) is 2.09. The van der Waals surface area contributed by atoms with Crippen molar-refractivity contribution in [2.75, 3.05) is 17.7 Å². The molecule has 0 radical (unpaired) electrons. The molecular weight excluding hydrogens is 289 g/mol. The van der Waals surface area contributed by atoms with E-state index in [9.17, 15) is 0 Å². The molecule has 1 unspecified atom stereocenters. The number of nitrogen functional groups attached to an aromatic ring is 1. The van der Waals surface area contributed by atoms with E-state index in [1.54, 1.807) is 17.4 Å². The van der Waals surface area contributed by atoms with Gasteiger partial charge in [0.1, 0.15) is 11.6 Å². The lowest BCUT2D eigenvalue weighted by Gasteiger charge is -2.26. The highest BCUT2D eigenvalue weighted by Gasteiger charge is 2.18. The predicted molar refractivity (Wildman–Crippen MR) is 79.8 cm³/mol. The van der Waals surface area contributed by atoms with Crippen molar-refractivity contribution in [1.82, 2.24) is 4.98 Å². The minimum absolute atomic E-state index is 0.176. The summed E-state index contributed by atoms with van der Waals surface area (Å²) in [4.78, 5) is 7.47. The van der Waals surface area contributed by atoms with Crippen LogP contribution in [0.4, 0.5) is 11.6 Å². The number of anilines is 2. The third-order valence-electron chi connectivity index (χ3n) is 2.81. The number of aromatic nitrogens is 1. The van der Waals surface area contributed by atoms with Crippen molar-refractivity contribution >= 4 is 46.2 Å². The van der Waals surface area contributed by atoms with E-state index >= 15 is 0 Å². The SMILES string of the molecule is CC(c1cccs1)N(C)c1nc(N)c(Cl)cc1Cl. The van der Waals surface area contributed by atoms with Crippen LogP contribution in [-0.2, 0) is 0 Å². The molecule has 2 aromatic rings. The number of rotatable bonds is 3. The van der Waals surface area contributed by atoms with Crippen molar-refractivity contribution in [3.8, 4) is 0 Å². The Kier molecular flexibility index (Phi) is 4.00. The normalized spacial score (nSPS) is 12.4. The minimum Gasteiger partial charge on any atom is -0.382 e. The van der Waals surface area contributed by atoms with Gasteiger partial charge in [-0.2, -0.15) is 0 Å². The molecule has 2 aromatic heterocycles. The molecule has 0 spiro atoms. The molecule has 96 valence electrons. The average molecular weight is 302 g/mol. The molecule has 0 saturated carbocycles. The molecule has 1 atom stereocenters. The summed E-state index contributed by atoms with van der Waals surface area (Å²) < 4.78 is 0.